The van der Waals surface area contributed by atoms with Crippen LogP contribution < -0.4 is 4.74 Å². The molecule has 0 spiro atoms. The van der Waals surface area contributed by atoms with Crippen LogP contribution in [0.5, 0.6) is 5.75 Å². The summed E-state index contributed by atoms with van der Waals surface area (Å²) < 4.78 is 7.97. The normalized spacial score (nSPS) is 10.9. The molecule has 3 heteroatoms. The zero-order valence-electron chi connectivity index (χ0n) is 15.3. The molecule has 2 aromatic carbocycles. The number of aromatic nitrogens is 1. The summed E-state index contributed by atoms with van der Waals surface area (Å²) in [6.45, 7) is 2.66. The van der Waals surface area contributed by atoms with Crippen molar-refractivity contribution in [3.63, 3.8) is 0 Å². The van der Waals surface area contributed by atoms with Crippen LogP contribution in [0.2, 0.25) is 0 Å². The van der Waals surface area contributed by atoms with E-state index in [1.807, 2.05) is 59.1 Å². The number of rotatable bonds is 6. The number of nitrogens with zero attached hydrogens (tertiary/aromatic N) is 1. The smallest absolute Gasteiger partial charge is 0.167 e. The number of benzene rings is 2. The van der Waals surface area contributed by atoms with Gasteiger partial charge in [-0.05, 0) is 53.4 Å². The summed E-state index contributed by atoms with van der Waals surface area (Å²) in [7, 11) is 0. The van der Waals surface area contributed by atoms with Crippen molar-refractivity contribution in [1.29, 1.82) is 0 Å². The van der Waals surface area contributed by atoms with E-state index in [0.29, 0.717) is 12.3 Å². The Hall–Kier alpha value is -3.33. The number of fused-ring (bicyclic) bond motifs is 1. The highest BCUT2D eigenvalue weighted by Gasteiger charge is 2.13. The average molecular weight is 355 g/mol. The monoisotopic (exact) mass is 355 g/mol. The molecule has 0 fully saturated rings. The molecule has 0 N–H and O–H groups in total. The van der Waals surface area contributed by atoms with Crippen molar-refractivity contribution >= 4 is 11.8 Å². The Bertz CT molecular complexity index is 1080. The molecule has 4 rings (SSSR count). The molecule has 27 heavy (non-hydrogen) atoms. The molecule has 0 aliphatic rings. The third kappa shape index (κ3) is 3.36. The van der Waals surface area contributed by atoms with Gasteiger partial charge in [-0.2, -0.15) is 0 Å². The highest BCUT2D eigenvalue weighted by Crippen LogP contribution is 2.31. The molecular formula is C24H21NO2. The Morgan fingerprint density at radius 1 is 0.963 bits per heavy atom. The molecule has 0 amide bonds. The minimum absolute atomic E-state index is 0.545. The van der Waals surface area contributed by atoms with Gasteiger partial charge in [-0.1, -0.05) is 49.4 Å². The second-order valence-corrected chi connectivity index (χ2v) is 6.51. The van der Waals surface area contributed by atoms with E-state index in [0.717, 1.165) is 46.2 Å². The SMILES string of the molecule is CCc1cc(-c2cc3ccccn3c2C=O)ccc1OCc1ccccc1. The summed E-state index contributed by atoms with van der Waals surface area (Å²) in [5, 5.41) is 0. The van der Waals surface area contributed by atoms with Crippen LogP contribution in [0.1, 0.15) is 28.5 Å². The Balaban J connectivity index is 1.68. The summed E-state index contributed by atoms with van der Waals surface area (Å²) in [6.07, 6.45) is 3.70. The first-order valence-electron chi connectivity index (χ1n) is 9.15. The Morgan fingerprint density at radius 3 is 2.56 bits per heavy atom. The van der Waals surface area contributed by atoms with E-state index in [1.165, 1.54) is 0 Å². The van der Waals surface area contributed by atoms with E-state index in [-0.39, 0.29) is 0 Å². The topological polar surface area (TPSA) is 30.7 Å². The molecule has 0 saturated carbocycles. The van der Waals surface area contributed by atoms with Crippen LogP contribution in [-0.2, 0) is 13.0 Å². The summed E-state index contributed by atoms with van der Waals surface area (Å²) in [6, 6.07) is 24.3. The molecule has 4 aromatic rings. The Morgan fingerprint density at radius 2 is 1.78 bits per heavy atom. The van der Waals surface area contributed by atoms with Crippen molar-refractivity contribution < 1.29 is 9.53 Å². The Labute approximate surface area is 158 Å². The van der Waals surface area contributed by atoms with E-state index in [4.69, 9.17) is 4.74 Å². The van der Waals surface area contributed by atoms with Gasteiger partial charge in [0.2, 0.25) is 0 Å². The fourth-order valence-corrected chi connectivity index (χ4v) is 3.40. The van der Waals surface area contributed by atoms with E-state index < -0.39 is 0 Å². The second-order valence-electron chi connectivity index (χ2n) is 6.51. The molecule has 0 bridgehead atoms. The fraction of sp³-hybridized carbons (Fsp3) is 0.125. The first-order chi connectivity index (χ1) is 13.3. The zero-order valence-corrected chi connectivity index (χ0v) is 15.3. The first-order valence-corrected chi connectivity index (χ1v) is 9.15. The number of hydrogen-bond donors (Lipinski definition) is 0. The van der Waals surface area contributed by atoms with Gasteiger partial charge in [0, 0.05) is 17.3 Å². The molecule has 2 heterocycles. The van der Waals surface area contributed by atoms with Crippen LogP contribution in [0, 0.1) is 0 Å². The molecular weight excluding hydrogens is 334 g/mol. The van der Waals surface area contributed by atoms with Crippen molar-refractivity contribution in [1.82, 2.24) is 4.40 Å². The lowest BCUT2D eigenvalue weighted by atomic mass is 10.0. The summed E-state index contributed by atoms with van der Waals surface area (Å²) in [5.41, 5.74) is 5.94. The van der Waals surface area contributed by atoms with Gasteiger partial charge in [0.15, 0.2) is 6.29 Å². The molecule has 0 radical (unpaired) electrons. The van der Waals surface area contributed by atoms with Gasteiger partial charge in [0.05, 0.1) is 5.69 Å². The molecule has 0 aliphatic heterocycles. The van der Waals surface area contributed by atoms with Crippen LogP contribution in [0.25, 0.3) is 16.6 Å². The first kappa shape index (κ1) is 17.1. The van der Waals surface area contributed by atoms with Crippen LogP contribution in [0.4, 0.5) is 0 Å². The quantitative estimate of drug-likeness (QED) is 0.424. The minimum Gasteiger partial charge on any atom is -0.489 e. The maximum atomic E-state index is 11.7. The number of hydrogen-bond acceptors (Lipinski definition) is 2. The lowest BCUT2D eigenvalue weighted by molar-refractivity contribution is 0.111. The van der Waals surface area contributed by atoms with Gasteiger partial charge in [0.1, 0.15) is 12.4 Å². The third-order valence-electron chi connectivity index (χ3n) is 4.82. The predicted octanol–water partition coefficient (Wildman–Crippen LogP) is 5.56. The molecule has 3 nitrogen and oxygen atoms in total. The average Bonchev–Trinajstić information content (AvgIpc) is 3.11. The third-order valence-corrected chi connectivity index (χ3v) is 4.82. The summed E-state index contributed by atoms with van der Waals surface area (Å²) >= 11 is 0. The zero-order chi connectivity index (χ0) is 18.6. The summed E-state index contributed by atoms with van der Waals surface area (Å²) in [4.78, 5) is 11.7. The van der Waals surface area contributed by atoms with Gasteiger partial charge in [-0.25, -0.2) is 0 Å². The lowest BCUT2D eigenvalue weighted by Gasteiger charge is -2.12. The molecule has 2 aromatic heterocycles. The fourth-order valence-electron chi connectivity index (χ4n) is 3.40. The van der Waals surface area contributed by atoms with E-state index in [9.17, 15) is 4.79 Å². The molecule has 0 atom stereocenters. The van der Waals surface area contributed by atoms with Gasteiger partial charge >= 0.3 is 0 Å². The second kappa shape index (κ2) is 7.50. The van der Waals surface area contributed by atoms with Crippen molar-refractivity contribution in [2.45, 2.75) is 20.0 Å². The van der Waals surface area contributed by atoms with Crippen molar-refractivity contribution in [3.8, 4) is 16.9 Å². The highest BCUT2D eigenvalue weighted by atomic mass is 16.5. The number of pyridine rings is 1. The van der Waals surface area contributed by atoms with Crippen molar-refractivity contribution in [2.75, 3.05) is 0 Å². The number of aldehydes is 1. The van der Waals surface area contributed by atoms with E-state index >= 15 is 0 Å². The van der Waals surface area contributed by atoms with Crippen LogP contribution in [0.15, 0.2) is 79.0 Å². The number of aryl methyl sites for hydroxylation is 1. The predicted molar refractivity (Wildman–Crippen MR) is 108 cm³/mol. The van der Waals surface area contributed by atoms with Gasteiger partial charge < -0.3 is 9.14 Å². The van der Waals surface area contributed by atoms with Gasteiger partial charge in [0.25, 0.3) is 0 Å². The Kier molecular flexibility index (Phi) is 4.75. The molecule has 0 saturated heterocycles. The molecule has 0 aliphatic carbocycles. The standard InChI is InChI=1S/C24H21NO2/c1-2-19-14-20(11-12-24(19)27-17-18-8-4-3-5-9-18)22-15-21-10-6-7-13-25(21)23(22)16-26/h3-16H,2,17H2,1H3. The summed E-state index contributed by atoms with van der Waals surface area (Å²) in [5.74, 6) is 0.890. The van der Waals surface area contributed by atoms with Crippen molar-refractivity contribution in [3.05, 3.63) is 95.8 Å². The van der Waals surface area contributed by atoms with Crippen molar-refractivity contribution in [2.24, 2.45) is 0 Å². The number of ether oxygens (including phenoxy) is 1. The van der Waals surface area contributed by atoms with Gasteiger partial charge in [-0.15, -0.1) is 0 Å². The highest BCUT2D eigenvalue weighted by molar-refractivity contribution is 5.90. The minimum atomic E-state index is 0.545. The van der Waals surface area contributed by atoms with Crippen LogP contribution >= 0.6 is 0 Å². The van der Waals surface area contributed by atoms with E-state index in [1.54, 1.807) is 0 Å². The van der Waals surface area contributed by atoms with Crippen LogP contribution in [0.3, 0.4) is 0 Å². The number of carbonyl (C=O) groups is 1. The maximum absolute atomic E-state index is 11.7. The van der Waals surface area contributed by atoms with Gasteiger partial charge in [-0.3, -0.25) is 4.79 Å². The molecule has 134 valence electrons. The maximum Gasteiger partial charge on any atom is 0.167 e. The molecule has 0 unspecified atom stereocenters. The lowest BCUT2D eigenvalue weighted by Crippen LogP contribution is -1.99. The van der Waals surface area contributed by atoms with E-state index in [2.05, 4.69) is 31.2 Å². The largest absolute Gasteiger partial charge is 0.489 e. The van der Waals surface area contributed by atoms with Crippen LogP contribution in [-0.4, -0.2) is 10.7 Å². The number of carbonyl (C=O) groups excluding carboxylic acids is 1.